The first-order valence-corrected chi connectivity index (χ1v) is 6.32. The van der Waals surface area contributed by atoms with E-state index in [2.05, 4.69) is 10.6 Å². The van der Waals surface area contributed by atoms with Crippen LogP contribution >= 0.6 is 0 Å². The van der Waals surface area contributed by atoms with Gasteiger partial charge in [0.1, 0.15) is 5.60 Å². The third-order valence-corrected chi connectivity index (χ3v) is 2.26. The zero-order valence-electron chi connectivity index (χ0n) is 11.8. The van der Waals surface area contributed by atoms with Crippen LogP contribution in [0.25, 0.3) is 0 Å². The van der Waals surface area contributed by atoms with Gasteiger partial charge in [-0.1, -0.05) is 0 Å². The van der Waals surface area contributed by atoms with Gasteiger partial charge in [0.15, 0.2) is 0 Å². The molecule has 108 valence electrons. The first-order chi connectivity index (χ1) is 8.28. The van der Waals surface area contributed by atoms with Crippen LogP contribution in [0.2, 0.25) is 0 Å². The SMILES string of the molecule is CC(CCO)NC(CN)CNC(=O)OC(C)(C)C. The minimum Gasteiger partial charge on any atom is -0.444 e. The lowest BCUT2D eigenvalue weighted by molar-refractivity contribution is 0.0522. The van der Waals surface area contributed by atoms with Crippen LogP contribution in [0, 0.1) is 0 Å². The molecule has 0 aliphatic heterocycles. The summed E-state index contributed by atoms with van der Waals surface area (Å²) in [6, 6.07) is 0.128. The Bertz CT molecular complexity index is 241. The zero-order chi connectivity index (χ0) is 14.2. The minimum atomic E-state index is -0.500. The maximum Gasteiger partial charge on any atom is 0.407 e. The summed E-state index contributed by atoms with van der Waals surface area (Å²) < 4.78 is 5.13. The molecule has 0 heterocycles. The van der Waals surface area contributed by atoms with Gasteiger partial charge in [0.05, 0.1) is 0 Å². The summed E-state index contributed by atoms with van der Waals surface area (Å²) in [4.78, 5) is 11.4. The van der Waals surface area contributed by atoms with Crippen molar-refractivity contribution < 1.29 is 14.6 Å². The van der Waals surface area contributed by atoms with Gasteiger partial charge in [-0.05, 0) is 34.1 Å². The lowest BCUT2D eigenvalue weighted by Gasteiger charge is -2.24. The average Bonchev–Trinajstić information content (AvgIpc) is 2.22. The third-order valence-electron chi connectivity index (χ3n) is 2.26. The van der Waals surface area contributed by atoms with E-state index in [1.807, 2.05) is 27.7 Å². The van der Waals surface area contributed by atoms with Crippen molar-refractivity contribution in [3.8, 4) is 0 Å². The molecule has 5 N–H and O–H groups in total. The molecule has 6 heteroatoms. The van der Waals surface area contributed by atoms with Crippen molar-refractivity contribution in [1.29, 1.82) is 0 Å². The summed E-state index contributed by atoms with van der Waals surface area (Å²) in [7, 11) is 0. The topological polar surface area (TPSA) is 96.6 Å². The number of hydrogen-bond donors (Lipinski definition) is 4. The minimum absolute atomic E-state index is 0.0286. The molecule has 0 aromatic carbocycles. The fourth-order valence-electron chi connectivity index (χ4n) is 1.41. The van der Waals surface area contributed by atoms with Gasteiger partial charge in [-0.3, -0.25) is 0 Å². The molecule has 0 spiro atoms. The molecule has 2 atom stereocenters. The molecule has 1 amide bonds. The number of rotatable bonds is 7. The predicted molar refractivity (Wildman–Crippen MR) is 71.4 cm³/mol. The molecular formula is C12H27N3O3. The summed E-state index contributed by atoms with van der Waals surface area (Å²) in [5, 5.41) is 14.7. The van der Waals surface area contributed by atoms with Gasteiger partial charge in [0.25, 0.3) is 0 Å². The van der Waals surface area contributed by atoms with Crippen molar-refractivity contribution in [2.75, 3.05) is 19.7 Å². The van der Waals surface area contributed by atoms with Gasteiger partial charge < -0.3 is 26.2 Å². The second-order valence-electron chi connectivity index (χ2n) is 5.40. The van der Waals surface area contributed by atoms with Crippen LogP contribution in [0.1, 0.15) is 34.1 Å². The normalized spacial score (nSPS) is 15.0. The van der Waals surface area contributed by atoms with E-state index in [1.54, 1.807) is 0 Å². The molecule has 0 fully saturated rings. The molecule has 0 saturated carbocycles. The number of aliphatic hydroxyl groups excluding tert-OH is 1. The first kappa shape index (κ1) is 17.2. The van der Waals surface area contributed by atoms with Gasteiger partial charge in [0, 0.05) is 31.8 Å². The molecule has 0 rings (SSSR count). The summed E-state index contributed by atoms with van der Waals surface area (Å²) >= 11 is 0. The van der Waals surface area contributed by atoms with Crippen molar-refractivity contribution in [3.05, 3.63) is 0 Å². The van der Waals surface area contributed by atoms with E-state index in [-0.39, 0.29) is 18.7 Å². The lowest BCUT2D eigenvalue weighted by atomic mass is 10.2. The monoisotopic (exact) mass is 261 g/mol. The number of alkyl carbamates (subject to hydrolysis) is 1. The maximum atomic E-state index is 11.4. The molecule has 18 heavy (non-hydrogen) atoms. The highest BCUT2D eigenvalue weighted by Crippen LogP contribution is 2.06. The molecule has 0 aromatic rings. The smallest absolute Gasteiger partial charge is 0.407 e. The van der Waals surface area contributed by atoms with E-state index in [0.29, 0.717) is 19.5 Å². The fourth-order valence-corrected chi connectivity index (χ4v) is 1.41. The van der Waals surface area contributed by atoms with Crippen molar-refractivity contribution in [3.63, 3.8) is 0 Å². The number of aliphatic hydroxyl groups is 1. The molecule has 2 unspecified atom stereocenters. The summed E-state index contributed by atoms with van der Waals surface area (Å²) in [6.07, 6.45) is 0.209. The second kappa shape index (κ2) is 8.29. The van der Waals surface area contributed by atoms with Gasteiger partial charge in [-0.25, -0.2) is 4.79 Å². The van der Waals surface area contributed by atoms with Gasteiger partial charge in [-0.15, -0.1) is 0 Å². The number of hydrogen-bond acceptors (Lipinski definition) is 5. The van der Waals surface area contributed by atoms with Crippen LogP contribution in [0.4, 0.5) is 4.79 Å². The fraction of sp³-hybridized carbons (Fsp3) is 0.917. The number of nitrogens with one attached hydrogen (secondary N) is 2. The third kappa shape index (κ3) is 9.21. The van der Waals surface area contributed by atoms with Crippen LogP contribution < -0.4 is 16.4 Å². The van der Waals surface area contributed by atoms with Crippen LogP contribution in [0.15, 0.2) is 0 Å². The molecular weight excluding hydrogens is 234 g/mol. The summed E-state index contributed by atoms with van der Waals surface area (Å²) in [5.74, 6) is 0. The van der Waals surface area contributed by atoms with Crippen molar-refractivity contribution in [2.45, 2.75) is 51.8 Å². The van der Waals surface area contributed by atoms with E-state index in [9.17, 15) is 4.79 Å². The van der Waals surface area contributed by atoms with E-state index >= 15 is 0 Å². The Morgan fingerprint density at radius 2 is 2.06 bits per heavy atom. The van der Waals surface area contributed by atoms with E-state index in [4.69, 9.17) is 15.6 Å². The first-order valence-electron chi connectivity index (χ1n) is 6.32. The molecule has 0 saturated heterocycles. The van der Waals surface area contributed by atoms with Crippen LogP contribution in [0.5, 0.6) is 0 Å². The molecule has 0 aliphatic rings. The number of nitrogens with two attached hydrogens (primary N) is 1. The number of ether oxygens (including phenoxy) is 1. The molecule has 0 bridgehead atoms. The Hall–Kier alpha value is -0.850. The van der Waals surface area contributed by atoms with Crippen LogP contribution in [-0.4, -0.2) is 48.6 Å². The molecule has 6 nitrogen and oxygen atoms in total. The summed E-state index contributed by atoms with van der Waals surface area (Å²) in [5.41, 5.74) is 5.11. The highest BCUT2D eigenvalue weighted by atomic mass is 16.6. The highest BCUT2D eigenvalue weighted by molar-refractivity contribution is 5.67. The predicted octanol–water partition coefficient (Wildman–Crippen LogP) is 0.199. The van der Waals surface area contributed by atoms with Crippen LogP contribution in [0.3, 0.4) is 0 Å². The number of amides is 1. The zero-order valence-corrected chi connectivity index (χ0v) is 11.8. The van der Waals surface area contributed by atoms with Gasteiger partial charge in [0.2, 0.25) is 0 Å². The average molecular weight is 261 g/mol. The Morgan fingerprint density at radius 1 is 1.44 bits per heavy atom. The highest BCUT2D eigenvalue weighted by Gasteiger charge is 2.17. The van der Waals surface area contributed by atoms with Gasteiger partial charge in [-0.2, -0.15) is 0 Å². The van der Waals surface area contributed by atoms with Crippen molar-refractivity contribution >= 4 is 6.09 Å². The second-order valence-corrected chi connectivity index (χ2v) is 5.40. The van der Waals surface area contributed by atoms with E-state index < -0.39 is 11.7 Å². The maximum absolute atomic E-state index is 11.4. The Labute approximate surface area is 109 Å². The largest absolute Gasteiger partial charge is 0.444 e. The van der Waals surface area contributed by atoms with Crippen molar-refractivity contribution in [2.24, 2.45) is 5.73 Å². The lowest BCUT2D eigenvalue weighted by Crippen LogP contribution is -2.49. The number of carbonyl (C=O) groups is 1. The van der Waals surface area contributed by atoms with E-state index in [0.717, 1.165) is 0 Å². The molecule has 0 aromatic heterocycles. The van der Waals surface area contributed by atoms with E-state index in [1.165, 1.54) is 0 Å². The Balaban J connectivity index is 3.96. The standard InChI is InChI=1S/C12H27N3O3/c1-9(5-6-16)15-10(7-13)8-14-11(17)18-12(2,3)4/h9-10,15-16H,5-8,13H2,1-4H3,(H,14,17). The quantitative estimate of drug-likeness (QED) is 0.525. The Morgan fingerprint density at radius 3 is 2.50 bits per heavy atom. The van der Waals surface area contributed by atoms with Gasteiger partial charge >= 0.3 is 6.09 Å². The summed E-state index contributed by atoms with van der Waals surface area (Å²) in [6.45, 7) is 8.35. The molecule has 0 aliphatic carbocycles. The number of carbonyl (C=O) groups excluding carboxylic acids is 1. The molecule has 0 radical (unpaired) electrons. The Kier molecular flexibility index (Phi) is 7.90. The van der Waals surface area contributed by atoms with Crippen LogP contribution in [-0.2, 0) is 4.74 Å². The van der Waals surface area contributed by atoms with Crippen molar-refractivity contribution in [1.82, 2.24) is 10.6 Å².